The molecule has 1 rings (SSSR count). The highest BCUT2D eigenvalue weighted by molar-refractivity contribution is 4.78. The molecule has 0 aromatic carbocycles. The third-order valence-electron chi connectivity index (χ3n) is 3.53. The Balaban J connectivity index is 2.30. The van der Waals surface area contributed by atoms with E-state index in [4.69, 9.17) is 4.74 Å². The lowest BCUT2D eigenvalue weighted by Crippen LogP contribution is -2.28. The first kappa shape index (κ1) is 11.0. The maximum atomic E-state index is 9.43. The summed E-state index contributed by atoms with van der Waals surface area (Å²) >= 11 is 0. The van der Waals surface area contributed by atoms with Gasteiger partial charge in [0, 0.05) is 7.11 Å². The summed E-state index contributed by atoms with van der Waals surface area (Å²) in [5, 5.41) is 9.43. The van der Waals surface area contributed by atoms with Crippen molar-refractivity contribution < 1.29 is 9.84 Å². The van der Waals surface area contributed by atoms with Crippen molar-refractivity contribution in [1.82, 2.24) is 0 Å². The van der Waals surface area contributed by atoms with E-state index in [-0.39, 0.29) is 6.10 Å². The Morgan fingerprint density at radius 3 is 1.92 bits per heavy atom. The van der Waals surface area contributed by atoms with Crippen LogP contribution in [0.1, 0.15) is 39.5 Å². The summed E-state index contributed by atoms with van der Waals surface area (Å²) < 4.78 is 5.32. The predicted octanol–water partition coefficient (Wildman–Crippen LogP) is 2.21. The average molecular weight is 186 g/mol. The molecule has 0 saturated heterocycles. The van der Waals surface area contributed by atoms with Crippen molar-refractivity contribution in [2.75, 3.05) is 7.11 Å². The number of ether oxygens (including phenoxy) is 1. The fraction of sp³-hybridized carbons (Fsp3) is 1.00. The molecule has 1 N–H and O–H groups in total. The molecule has 2 heteroatoms. The second-order valence-corrected chi connectivity index (χ2v) is 4.36. The van der Waals surface area contributed by atoms with Gasteiger partial charge >= 0.3 is 0 Å². The van der Waals surface area contributed by atoms with E-state index >= 15 is 0 Å². The van der Waals surface area contributed by atoms with Gasteiger partial charge in [-0.25, -0.2) is 0 Å². The van der Waals surface area contributed by atoms with Crippen molar-refractivity contribution in [3.8, 4) is 0 Å². The minimum absolute atomic E-state index is 0.126. The highest BCUT2D eigenvalue weighted by atomic mass is 16.5. The number of aliphatic hydroxyl groups is 1. The van der Waals surface area contributed by atoms with E-state index in [2.05, 4.69) is 6.92 Å². The molecule has 2 nitrogen and oxygen atoms in total. The van der Waals surface area contributed by atoms with Gasteiger partial charge in [-0.3, -0.25) is 0 Å². The van der Waals surface area contributed by atoms with Gasteiger partial charge in [0.05, 0.1) is 12.2 Å². The topological polar surface area (TPSA) is 29.5 Å². The number of hydrogen-bond acceptors (Lipinski definition) is 2. The molecule has 2 unspecified atom stereocenters. The Labute approximate surface area is 81.3 Å². The molecule has 1 saturated carbocycles. The number of rotatable bonds is 3. The van der Waals surface area contributed by atoms with Crippen LogP contribution in [-0.2, 0) is 4.74 Å². The number of hydrogen-bond donors (Lipinski definition) is 1. The molecule has 0 aromatic rings. The standard InChI is InChI=1S/C11H22O2/c1-8(12)10-4-6-11(7-5-10)9(2)13-3/h8-12H,4-7H2,1-3H3. The van der Waals surface area contributed by atoms with E-state index in [0.717, 1.165) is 12.8 Å². The fourth-order valence-electron chi connectivity index (χ4n) is 2.29. The Morgan fingerprint density at radius 2 is 1.54 bits per heavy atom. The fourth-order valence-corrected chi connectivity index (χ4v) is 2.29. The van der Waals surface area contributed by atoms with Gasteiger partial charge in [-0.05, 0) is 51.4 Å². The molecule has 0 aliphatic heterocycles. The monoisotopic (exact) mass is 186 g/mol. The molecule has 1 aliphatic carbocycles. The first-order chi connectivity index (χ1) is 6.15. The summed E-state index contributed by atoms with van der Waals surface area (Å²) in [6.45, 7) is 4.05. The Bertz CT molecular complexity index is 137. The Kier molecular flexibility index (Phi) is 4.20. The maximum Gasteiger partial charge on any atom is 0.0571 e. The summed E-state index contributed by atoms with van der Waals surface area (Å²) in [6.07, 6.45) is 5.01. The minimum Gasteiger partial charge on any atom is -0.393 e. The van der Waals surface area contributed by atoms with E-state index in [0.29, 0.717) is 17.9 Å². The molecular weight excluding hydrogens is 164 g/mol. The van der Waals surface area contributed by atoms with Crippen molar-refractivity contribution in [2.24, 2.45) is 11.8 Å². The largest absolute Gasteiger partial charge is 0.393 e. The maximum absolute atomic E-state index is 9.43. The van der Waals surface area contributed by atoms with Crippen LogP contribution in [0.2, 0.25) is 0 Å². The van der Waals surface area contributed by atoms with Gasteiger partial charge < -0.3 is 9.84 Å². The van der Waals surface area contributed by atoms with Crippen LogP contribution in [0.15, 0.2) is 0 Å². The van der Waals surface area contributed by atoms with Crippen LogP contribution in [0.3, 0.4) is 0 Å². The smallest absolute Gasteiger partial charge is 0.0571 e. The Hall–Kier alpha value is -0.0800. The van der Waals surface area contributed by atoms with Gasteiger partial charge in [-0.1, -0.05) is 0 Å². The third kappa shape index (κ3) is 2.96. The first-order valence-electron chi connectivity index (χ1n) is 5.36. The van der Waals surface area contributed by atoms with Gasteiger partial charge in [-0.2, -0.15) is 0 Å². The second-order valence-electron chi connectivity index (χ2n) is 4.36. The summed E-state index contributed by atoms with van der Waals surface area (Å²) in [7, 11) is 1.78. The number of aliphatic hydroxyl groups excluding tert-OH is 1. The lowest BCUT2D eigenvalue weighted by atomic mass is 9.78. The van der Waals surface area contributed by atoms with E-state index in [9.17, 15) is 5.11 Å². The molecule has 78 valence electrons. The molecule has 1 aliphatic rings. The lowest BCUT2D eigenvalue weighted by Gasteiger charge is -2.32. The van der Waals surface area contributed by atoms with Crippen LogP contribution >= 0.6 is 0 Å². The van der Waals surface area contributed by atoms with Crippen molar-refractivity contribution in [3.05, 3.63) is 0 Å². The van der Waals surface area contributed by atoms with Crippen molar-refractivity contribution in [1.29, 1.82) is 0 Å². The van der Waals surface area contributed by atoms with Crippen LogP contribution in [0.4, 0.5) is 0 Å². The molecular formula is C11H22O2. The highest BCUT2D eigenvalue weighted by Crippen LogP contribution is 2.33. The van der Waals surface area contributed by atoms with Gasteiger partial charge in [0.25, 0.3) is 0 Å². The number of methoxy groups -OCH3 is 1. The normalized spacial score (nSPS) is 34.2. The summed E-state index contributed by atoms with van der Waals surface area (Å²) in [6, 6.07) is 0. The SMILES string of the molecule is COC(C)C1CCC(C(C)O)CC1. The Morgan fingerprint density at radius 1 is 1.08 bits per heavy atom. The van der Waals surface area contributed by atoms with E-state index in [1.807, 2.05) is 6.92 Å². The van der Waals surface area contributed by atoms with Crippen LogP contribution in [0, 0.1) is 11.8 Å². The zero-order chi connectivity index (χ0) is 9.84. The van der Waals surface area contributed by atoms with Gasteiger partial charge in [0.2, 0.25) is 0 Å². The molecule has 0 radical (unpaired) electrons. The van der Waals surface area contributed by atoms with Crippen LogP contribution < -0.4 is 0 Å². The summed E-state index contributed by atoms with van der Waals surface area (Å²) in [5.41, 5.74) is 0. The lowest BCUT2D eigenvalue weighted by molar-refractivity contribution is 0.0231. The zero-order valence-corrected chi connectivity index (χ0v) is 8.99. The molecule has 0 amide bonds. The molecule has 1 fully saturated rings. The predicted molar refractivity (Wildman–Crippen MR) is 53.6 cm³/mol. The first-order valence-corrected chi connectivity index (χ1v) is 5.36. The van der Waals surface area contributed by atoms with E-state index < -0.39 is 0 Å². The third-order valence-corrected chi connectivity index (χ3v) is 3.53. The summed E-state index contributed by atoms with van der Waals surface area (Å²) in [4.78, 5) is 0. The molecule has 2 atom stereocenters. The molecule has 0 heterocycles. The summed E-state index contributed by atoms with van der Waals surface area (Å²) in [5.74, 6) is 1.24. The highest BCUT2D eigenvalue weighted by Gasteiger charge is 2.27. The van der Waals surface area contributed by atoms with Crippen LogP contribution in [0.25, 0.3) is 0 Å². The van der Waals surface area contributed by atoms with Crippen LogP contribution in [-0.4, -0.2) is 24.4 Å². The quantitative estimate of drug-likeness (QED) is 0.732. The van der Waals surface area contributed by atoms with Gasteiger partial charge in [-0.15, -0.1) is 0 Å². The average Bonchev–Trinajstić information content (AvgIpc) is 2.17. The molecule has 0 bridgehead atoms. The van der Waals surface area contributed by atoms with Crippen molar-refractivity contribution in [2.45, 2.75) is 51.7 Å². The molecule has 0 spiro atoms. The van der Waals surface area contributed by atoms with Gasteiger partial charge in [0.1, 0.15) is 0 Å². The minimum atomic E-state index is -0.126. The van der Waals surface area contributed by atoms with Crippen molar-refractivity contribution >= 4 is 0 Å². The van der Waals surface area contributed by atoms with Crippen molar-refractivity contribution in [3.63, 3.8) is 0 Å². The van der Waals surface area contributed by atoms with Gasteiger partial charge in [0.15, 0.2) is 0 Å². The van der Waals surface area contributed by atoms with E-state index in [1.54, 1.807) is 7.11 Å². The van der Waals surface area contributed by atoms with E-state index in [1.165, 1.54) is 12.8 Å². The van der Waals surface area contributed by atoms with Crippen LogP contribution in [0.5, 0.6) is 0 Å². The second kappa shape index (κ2) is 4.97. The molecule has 13 heavy (non-hydrogen) atoms. The molecule has 0 aromatic heterocycles. The zero-order valence-electron chi connectivity index (χ0n) is 8.99.